The van der Waals surface area contributed by atoms with Crippen LogP contribution in [0.1, 0.15) is 11.1 Å². The summed E-state index contributed by atoms with van der Waals surface area (Å²) < 4.78 is 11.6. The van der Waals surface area contributed by atoms with Crippen LogP contribution in [0.15, 0.2) is 46.9 Å². The average molecular weight is 350 g/mol. The zero-order chi connectivity index (χ0) is 15.2. The minimum absolute atomic E-state index is 0.0734. The van der Waals surface area contributed by atoms with E-state index in [0.717, 1.165) is 34.4 Å². The first kappa shape index (κ1) is 15.9. The van der Waals surface area contributed by atoms with E-state index in [-0.39, 0.29) is 6.04 Å². The molecule has 0 aromatic heterocycles. The van der Waals surface area contributed by atoms with Crippen molar-refractivity contribution >= 4 is 15.9 Å². The Morgan fingerprint density at radius 2 is 1.48 bits per heavy atom. The Balaban J connectivity index is 2.02. The van der Waals surface area contributed by atoms with Crippen LogP contribution in [0.4, 0.5) is 0 Å². The van der Waals surface area contributed by atoms with Crippen molar-refractivity contribution in [2.24, 2.45) is 5.73 Å². The van der Waals surface area contributed by atoms with Gasteiger partial charge in [-0.2, -0.15) is 0 Å². The lowest BCUT2D eigenvalue weighted by Gasteiger charge is -2.14. The number of nitrogens with two attached hydrogens (primary N) is 1. The summed E-state index contributed by atoms with van der Waals surface area (Å²) in [5.41, 5.74) is 8.65. The molecule has 1 unspecified atom stereocenters. The van der Waals surface area contributed by atoms with E-state index in [1.54, 1.807) is 14.2 Å². The normalized spacial score (nSPS) is 12.0. The molecule has 0 saturated heterocycles. The molecule has 2 N–H and O–H groups in total. The smallest absolute Gasteiger partial charge is 0.160 e. The maximum absolute atomic E-state index is 6.25. The summed E-state index contributed by atoms with van der Waals surface area (Å²) in [6.45, 7) is 0. The van der Waals surface area contributed by atoms with Crippen molar-refractivity contribution in [2.75, 3.05) is 14.2 Å². The Kier molecular flexibility index (Phi) is 5.65. The van der Waals surface area contributed by atoms with Gasteiger partial charge < -0.3 is 15.2 Å². The number of methoxy groups -OCH3 is 2. The topological polar surface area (TPSA) is 44.5 Å². The van der Waals surface area contributed by atoms with Gasteiger partial charge in [0, 0.05) is 10.5 Å². The van der Waals surface area contributed by atoms with Crippen LogP contribution in [0.5, 0.6) is 11.5 Å². The molecule has 21 heavy (non-hydrogen) atoms. The van der Waals surface area contributed by atoms with Gasteiger partial charge in [-0.05, 0) is 48.2 Å². The Labute approximate surface area is 134 Å². The van der Waals surface area contributed by atoms with E-state index in [1.165, 1.54) is 5.56 Å². The highest BCUT2D eigenvalue weighted by Crippen LogP contribution is 2.28. The highest BCUT2D eigenvalue weighted by atomic mass is 79.9. The van der Waals surface area contributed by atoms with E-state index < -0.39 is 0 Å². The number of halogens is 1. The van der Waals surface area contributed by atoms with E-state index in [9.17, 15) is 0 Å². The monoisotopic (exact) mass is 349 g/mol. The average Bonchev–Trinajstić information content (AvgIpc) is 2.49. The Morgan fingerprint density at radius 3 is 2.10 bits per heavy atom. The van der Waals surface area contributed by atoms with Crippen molar-refractivity contribution in [3.63, 3.8) is 0 Å². The second-order valence-electron chi connectivity index (χ2n) is 4.98. The minimum atomic E-state index is 0.0734. The van der Waals surface area contributed by atoms with Gasteiger partial charge in [-0.15, -0.1) is 0 Å². The molecular weight excluding hydrogens is 330 g/mol. The minimum Gasteiger partial charge on any atom is -0.493 e. The molecule has 0 radical (unpaired) electrons. The molecule has 1 atom stereocenters. The van der Waals surface area contributed by atoms with Crippen molar-refractivity contribution in [2.45, 2.75) is 18.9 Å². The fraction of sp³-hybridized carbons (Fsp3) is 0.294. The molecule has 0 saturated carbocycles. The Bertz CT molecular complexity index is 584. The second kappa shape index (κ2) is 7.48. The fourth-order valence-electron chi connectivity index (χ4n) is 2.31. The van der Waals surface area contributed by atoms with Crippen molar-refractivity contribution in [3.05, 3.63) is 58.1 Å². The number of hydrogen-bond donors (Lipinski definition) is 1. The molecule has 0 heterocycles. The summed E-state index contributed by atoms with van der Waals surface area (Å²) in [6.07, 6.45) is 1.65. The summed E-state index contributed by atoms with van der Waals surface area (Å²) in [5, 5.41) is 0. The zero-order valence-corrected chi connectivity index (χ0v) is 13.9. The number of benzene rings is 2. The highest BCUT2D eigenvalue weighted by molar-refractivity contribution is 9.10. The number of hydrogen-bond acceptors (Lipinski definition) is 3. The number of ether oxygens (including phenoxy) is 2. The van der Waals surface area contributed by atoms with Crippen molar-refractivity contribution in [3.8, 4) is 11.5 Å². The van der Waals surface area contributed by atoms with Gasteiger partial charge in [0.1, 0.15) is 0 Å². The molecule has 0 amide bonds. The first-order valence-corrected chi connectivity index (χ1v) is 7.62. The summed E-state index contributed by atoms with van der Waals surface area (Å²) >= 11 is 3.44. The molecule has 0 aliphatic heterocycles. The zero-order valence-electron chi connectivity index (χ0n) is 12.3. The lowest BCUT2D eigenvalue weighted by atomic mass is 9.99. The summed E-state index contributed by atoms with van der Waals surface area (Å²) in [6, 6.07) is 14.3. The van der Waals surface area contributed by atoms with Crippen molar-refractivity contribution < 1.29 is 9.47 Å². The molecule has 4 heteroatoms. The molecule has 2 rings (SSSR count). The lowest BCUT2D eigenvalue weighted by molar-refractivity contribution is 0.354. The molecule has 2 aromatic carbocycles. The van der Waals surface area contributed by atoms with Crippen molar-refractivity contribution in [1.29, 1.82) is 0 Å². The first-order chi connectivity index (χ1) is 10.1. The molecule has 0 bridgehead atoms. The number of rotatable bonds is 6. The molecule has 0 spiro atoms. The molecule has 0 aliphatic rings. The molecule has 3 nitrogen and oxygen atoms in total. The van der Waals surface area contributed by atoms with E-state index in [0.29, 0.717) is 0 Å². The van der Waals surface area contributed by atoms with Gasteiger partial charge >= 0.3 is 0 Å². The van der Waals surface area contributed by atoms with Crippen LogP contribution in [0.2, 0.25) is 0 Å². The van der Waals surface area contributed by atoms with Crippen LogP contribution in [0.3, 0.4) is 0 Å². The maximum Gasteiger partial charge on any atom is 0.160 e. The van der Waals surface area contributed by atoms with Gasteiger partial charge in [0.25, 0.3) is 0 Å². The van der Waals surface area contributed by atoms with E-state index in [2.05, 4.69) is 28.1 Å². The summed E-state index contributed by atoms with van der Waals surface area (Å²) in [4.78, 5) is 0. The van der Waals surface area contributed by atoms with Gasteiger partial charge in [-0.25, -0.2) is 0 Å². The molecule has 112 valence electrons. The largest absolute Gasteiger partial charge is 0.493 e. The Morgan fingerprint density at radius 1 is 0.905 bits per heavy atom. The van der Waals surface area contributed by atoms with Gasteiger partial charge in [-0.3, -0.25) is 0 Å². The summed E-state index contributed by atoms with van der Waals surface area (Å²) in [7, 11) is 3.28. The van der Waals surface area contributed by atoms with Gasteiger partial charge in [0.2, 0.25) is 0 Å². The van der Waals surface area contributed by atoms with Crippen LogP contribution in [-0.2, 0) is 12.8 Å². The summed E-state index contributed by atoms with van der Waals surface area (Å²) in [5.74, 6) is 1.48. The predicted molar refractivity (Wildman–Crippen MR) is 89.1 cm³/mol. The van der Waals surface area contributed by atoms with Crippen LogP contribution < -0.4 is 15.2 Å². The predicted octanol–water partition coefficient (Wildman–Crippen LogP) is 3.58. The van der Waals surface area contributed by atoms with Gasteiger partial charge in [-0.1, -0.05) is 34.1 Å². The standard InChI is InChI=1S/C17H20BrNO2/c1-20-16-8-5-13(11-17(16)21-2)10-15(19)9-12-3-6-14(18)7-4-12/h3-8,11,15H,9-10,19H2,1-2H3. The van der Waals surface area contributed by atoms with Gasteiger partial charge in [0.15, 0.2) is 11.5 Å². The third-order valence-electron chi connectivity index (χ3n) is 3.36. The first-order valence-electron chi connectivity index (χ1n) is 6.83. The van der Waals surface area contributed by atoms with E-state index in [1.807, 2.05) is 30.3 Å². The third-order valence-corrected chi connectivity index (χ3v) is 3.89. The van der Waals surface area contributed by atoms with Crippen LogP contribution in [0.25, 0.3) is 0 Å². The van der Waals surface area contributed by atoms with Crippen LogP contribution >= 0.6 is 15.9 Å². The van der Waals surface area contributed by atoms with Crippen LogP contribution in [0, 0.1) is 0 Å². The molecular formula is C17H20BrNO2. The quantitative estimate of drug-likeness (QED) is 0.866. The van der Waals surface area contributed by atoms with Gasteiger partial charge in [0.05, 0.1) is 14.2 Å². The lowest BCUT2D eigenvalue weighted by Crippen LogP contribution is -2.25. The Hall–Kier alpha value is -1.52. The fourth-order valence-corrected chi connectivity index (χ4v) is 2.57. The SMILES string of the molecule is COc1ccc(CC(N)Cc2ccc(Br)cc2)cc1OC. The van der Waals surface area contributed by atoms with E-state index in [4.69, 9.17) is 15.2 Å². The van der Waals surface area contributed by atoms with E-state index >= 15 is 0 Å². The molecule has 0 fully saturated rings. The van der Waals surface area contributed by atoms with Crippen molar-refractivity contribution in [1.82, 2.24) is 0 Å². The third kappa shape index (κ3) is 4.48. The van der Waals surface area contributed by atoms with Crippen LogP contribution in [-0.4, -0.2) is 20.3 Å². The second-order valence-corrected chi connectivity index (χ2v) is 5.90. The highest BCUT2D eigenvalue weighted by Gasteiger charge is 2.09. The maximum atomic E-state index is 6.25. The molecule has 2 aromatic rings. The molecule has 0 aliphatic carbocycles.